The lowest BCUT2D eigenvalue weighted by Gasteiger charge is -2.27. The van der Waals surface area contributed by atoms with E-state index in [2.05, 4.69) is 58.9 Å². The lowest BCUT2D eigenvalue weighted by atomic mass is 9.78. The summed E-state index contributed by atoms with van der Waals surface area (Å²) in [5.74, 6) is 1.42. The summed E-state index contributed by atoms with van der Waals surface area (Å²) in [5, 5.41) is 8.72. The van der Waals surface area contributed by atoms with E-state index in [4.69, 9.17) is 14.6 Å². The van der Waals surface area contributed by atoms with Gasteiger partial charge in [0, 0.05) is 12.0 Å². The molecule has 1 atom stereocenters. The summed E-state index contributed by atoms with van der Waals surface area (Å²) in [6.07, 6.45) is 5.22. The molecule has 1 heterocycles. The van der Waals surface area contributed by atoms with Gasteiger partial charge in [0.2, 0.25) is 0 Å². The van der Waals surface area contributed by atoms with Crippen molar-refractivity contribution in [3.05, 3.63) is 57.6 Å². The Morgan fingerprint density at radius 2 is 1.65 bits per heavy atom. The third-order valence-corrected chi connectivity index (χ3v) is 6.71. The second-order valence-corrected chi connectivity index (χ2v) is 9.34. The van der Waals surface area contributed by atoms with Gasteiger partial charge in [0.1, 0.15) is 17.1 Å². The van der Waals surface area contributed by atoms with E-state index in [9.17, 15) is 4.79 Å². The zero-order valence-electron chi connectivity index (χ0n) is 19.8. The van der Waals surface area contributed by atoms with Crippen LogP contribution in [0.2, 0.25) is 0 Å². The fourth-order valence-electron chi connectivity index (χ4n) is 4.98. The number of aliphatic carboxylic acids is 1. The molecule has 31 heavy (non-hydrogen) atoms. The van der Waals surface area contributed by atoms with Gasteiger partial charge in [-0.2, -0.15) is 0 Å². The lowest BCUT2D eigenvalue weighted by molar-refractivity contribution is -0.137. The smallest absolute Gasteiger partial charge is 0.303 e. The molecule has 0 radical (unpaired) electrons. The number of carboxylic acids is 1. The summed E-state index contributed by atoms with van der Waals surface area (Å²) < 4.78 is 12.3. The van der Waals surface area contributed by atoms with E-state index in [-0.39, 0.29) is 17.9 Å². The molecular formula is C27H36O4. The van der Waals surface area contributed by atoms with Crippen LogP contribution in [0.15, 0.2) is 24.3 Å². The first-order chi connectivity index (χ1) is 14.7. The Kier molecular flexibility index (Phi) is 6.98. The quantitative estimate of drug-likeness (QED) is 0.467. The summed E-state index contributed by atoms with van der Waals surface area (Å²) in [4.78, 5) is 10.6. The highest BCUT2D eigenvalue weighted by Crippen LogP contribution is 2.53. The van der Waals surface area contributed by atoms with Crippen molar-refractivity contribution in [1.29, 1.82) is 0 Å². The molecule has 1 aliphatic heterocycles. The van der Waals surface area contributed by atoms with E-state index in [0.717, 1.165) is 54.7 Å². The number of methoxy groups -OCH3 is 1. The average molecular weight is 425 g/mol. The molecule has 0 saturated heterocycles. The van der Waals surface area contributed by atoms with E-state index in [1.807, 2.05) is 0 Å². The second kappa shape index (κ2) is 9.33. The van der Waals surface area contributed by atoms with Crippen LogP contribution < -0.4 is 9.47 Å². The van der Waals surface area contributed by atoms with Gasteiger partial charge >= 0.3 is 5.97 Å². The number of hydrogen-bond acceptors (Lipinski definition) is 3. The predicted octanol–water partition coefficient (Wildman–Crippen LogP) is 6.50. The molecule has 1 aliphatic rings. The number of carbonyl (C=O) groups is 1. The number of rotatable bonds is 9. The largest absolute Gasteiger partial charge is 0.496 e. The van der Waals surface area contributed by atoms with Crippen molar-refractivity contribution in [2.75, 3.05) is 7.11 Å². The van der Waals surface area contributed by atoms with Crippen LogP contribution >= 0.6 is 0 Å². The average Bonchev–Trinajstić information content (AvgIpc) is 3.01. The van der Waals surface area contributed by atoms with Crippen LogP contribution in [-0.2, 0) is 11.2 Å². The van der Waals surface area contributed by atoms with Crippen LogP contribution in [0.4, 0.5) is 0 Å². The van der Waals surface area contributed by atoms with Crippen molar-refractivity contribution in [3.63, 3.8) is 0 Å². The fourth-order valence-corrected chi connectivity index (χ4v) is 4.98. The maximum atomic E-state index is 10.6. The molecule has 2 aromatic rings. The van der Waals surface area contributed by atoms with E-state index >= 15 is 0 Å². The van der Waals surface area contributed by atoms with E-state index in [1.54, 1.807) is 7.11 Å². The van der Waals surface area contributed by atoms with Gasteiger partial charge in [-0.3, -0.25) is 4.79 Å². The van der Waals surface area contributed by atoms with Crippen molar-refractivity contribution >= 4 is 5.97 Å². The monoisotopic (exact) mass is 424 g/mol. The summed E-state index contributed by atoms with van der Waals surface area (Å²) in [6.45, 7) is 10.7. The molecule has 1 unspecified atom stereocenters. The highest BCUT2D eigenvalue weighted by atomic mass is 16.5. The summed E-state index contributed by atoms with van der Waals surface area (Å²) >= 11 is 0. The lowest BCUT2D eigenvalue weighted by Crippen LogP contribution is -2.31. The molecule has 1 N–H and O–H groups in total. The van der Waals surface area contributed by atoms with Crippen LogP contribution in [0.5, 0.6) is 11.5 Å². The summed E-state index contributed by atoms with van der Waals surface area (Å²) in [6, 6.07) is 8.94. The maximum absolute atomic E-state index is 10.6. The third kappa shape index (κ3) is 4.73. The molecule has 0 fully saturated rings. The number of unbranched alkanes of at least 4 members (excludes halogenated alkanes) is 3. The van der Waals surface area contributed by atoms with Crippen molar-refractivity contribution < 1.29 is 19.4 Å². The Labute approximate surface area is 186 Å². The Morgan fingerprint density at radius 1 is 1.00 bits per heavy atom. The highest BCUT2D eigenvalue weighted by Gasteiger charge is 2.45. The standard InChI is InChI=1S/C27H36O4/c1-17-18(2)26-23(19(3)25(17)30-6)24(27(4,5)31-26)21-15-13-20(14-16-21)11-9-7-8-10-12-22(28)29/h13-16,24H,7-12H2,1-6H3,(H,28,29). The maximum Gasteiger partial charge on any atom is 0.303 e. The van der Waals surface area contributed by atoms with Gasteiger partial charge in [0.25, 0.3) is 0 Å². The third-order valence-electron chi connectivity index (χ3n) is 6.71. The summed E-state index contributed by atoms with van der Waals surface area (Å²) in [5.41, 5.74) is 6.98. The Morgan fingerprint density at radius 3 is 2.26 bits per heavy atom. The van der Waals surface area contributed by atoms with Crippen molar-refractivity contribution in [1.82, 2.24) is 0 Å². The molecule has 0 saturated carbocycles. The zero-order chi connectivity index (χ0) is 22.8. The Bertz CT molecular complexity index is 941. The minimum absolute atomic E-state index is 0.153. The van der Waals surface area contributed by atoms with Gasteiger partial charge in [-0.15, -0.1) is 0 Å². The van der Waals surface area contributed by atoms with E-state index < -0.39 is 5.97 Å². The minimum Gasteiger partial charge on any atom is -0.496 e. The minimum atomic E-state index is -0.700. The topological polar surface area (TPSA) is 55.8 Å². The van der Waals surface area contributed by atoms with Gasteiger partial charge in [-0.25, -0.2) is 0 Å². The molecular weight excluding hydrogens is 388 g/mol. The molecule has 3 rings (SSSR count). The van der Waals surface area contributed by atoms with Crippen LogP contribution in [-0.4, -0.2) is 23.8 Å². The number of ether oxygens (including phenoxy) is 2. The molecule has 4 heteroatoms. The number of aryl methyl sites for hydroxylation is 1. The van der Waals surface area contributed by atoms with Gasteiger partial charge in [-0.05, 0) is 81.7 Å². The van der Waals surface area contributed by atoms with Crippen LogP contribution in [0, 0.1) is 20.8 Å². The Hall–Kier alpha value is -2.49. The van der Waals surface area contributed by atoms with Gasteiger partial charge in [0.15, 0.2) is 0 Å². The van der Waals surface area contributed by atoms with E-state index in [0.29, 0.717) is 0 Å². The molecule has 2 aromatic carbocycles. The SMILES string of the molecule is COc1c(C)c(C)c2c(c1C)C(c1ccc(CCCCCCC(=O)O)cc1)C(C)(C)O2. The van der Waals surface area contributed by atoms with Crippen LogP contribution in [0.3, 0.4) is 0 Å². The predicted molar refractivity (Wildman–Crippen MR) is 125 cm³/mol. The number of fused-ring (bicyclic) bond motifs is 1. The normalized spacial score (nSPS) is 16.6. The summed E-state index contributed by atoms with van der Waals surface area (Å²) in [7, 11) is 1.74. The molecule has 0 amide bonds. The number of hydrogen-bond donors (Lipinski definition) is 1. The first-order valence-corrected chi connectivity index (χ1v) is 11.3. The van der Waals surface area contributed by atoms with Crippen molar-refractivity contribution in [2.24, 2.45) is 0 Å². The molecule has 0 aliphatic carbocycles. The number of benzene rings is 2. The van der Waals surface area contributed by atoms with Gasteiger partial charge in [-0.1, -0.05) is 37.1 Å². The van der Waals surface area contributed by atoms with Gasteiger partial charge in [0.05, 0.1) is 13.0 Å². The molecule has 0 spiro atoms. The first kappa shape index (κ1) is 23.2. The zero-order valence-corrected chi connectivity index (χ0v) is 19.8. The van der Waals surface area contributed by atoms with Crippen molar-refractivity contribution in [2.45, 2.75) is 84.7 Å². The fraction of sp³-hybridized carbons (Fsp3) is 0.519. The molecule has 4 nitrogen and oxygen atoms in total. The molecule has 0 bridgehead atoms. The van der Waals surface area contributed by atoms with Crippen LogP contribution in [0.1, 0.15) is 85.3 Å². The van der Waals surface area contributed by atoms with Crippen LogP contribution in [0.25, 0.3) is 0 Å². The van der Waals surface area contributed by atoms with E-state index in [1.165, 1.54) is 22.3 Å². The van der Waals surface area contributed by atoms with Gasteiger partial charge < -0.3 is 14.6 Å². The molecule has 0 aromatic heterocycles. The van der Waals surface area contributed by atoms with Crippen molar-refractivity contribution in [3.8, 4) is 11.5 Å². The second-order valence-electron chi connectivity index (χ2n) is 9.34. The molecule has 168 valence electrons. The number of carboxylic acid groups (broad SMARTS) is 1. The highest BCUT2D eigenvalue weighted by molar-refractivity contribution is 5.66. The Balaban J connectivity index is 1.78. The first-order valence-electron chi connectivity index (χ1n) is 11.3.